The Labute approximate surface area is 142 Å². The van der Waals surface area contributed by atoms with Gasteiger partial charge in [0.2, 0.25) is 5.91 Å². The number of rotatable bonds is 5. The largest absolute Gasteiger partial charge is 0.357 e. The van der Waals surface area contributed by atoms with Crippen LogP contribution in [0.3, 0.4) is 0 Å². The van der Waals surface area contributed by atoms with Crippen molar-refractivity contribution in [3.63, 3.8) is 0 Å². The van der Waals surface area contributed by atoms with Crippen molar-refractivity contribution in [1.82, 2.24) is 15.5 Å². The van der Waals surface area contributed by atoms with Gasteiger partial charge in [0, 0.05) is 24.7 Å². The van der Waals surface area contributed by atoms with Gasteiger partial charge in [0.1, 0.15) is 11.6 Å². The molecule has 0 atom stereocenters. The average molecular weight is 340 g/mol. The monoisotopic (exact) mass is 340 g/mol. The number of amides is 1. The quantitative estimate of drug-likeness (QED) is 0.639. The highest BCUT2D eigenvalue weighted by Gasteiger charge is 2.16. The van der Waals surface area contributed by atoms with Crippen LogP contribution in [0.4, 0.5) is 8.78 Å². The number of nitrogens with one attached hydrogen (secondary N) is 2. The minimum absolute atomic E-state index is 0.0167. The van der Waals surface area contributed by atoms with Crippen molar-refractivity contribution in [2.24, 2.45) is 4.99 Å². The van der Waals surface area contributed by atoms with Gasteiger partial charge in [0.05, 0.1) is 13.1 Å². The Bertz CT molecular complexity index is 597. The highest BCUT2D eigenvalue weighted by molar-refractivity contribution is 5.86. The molecule has 2 N–H and O–H groups in total. The molecule has 1 amide bonds. The molecular weight excluding hydrogens is 314 g/mol. The Morgan fingerprint density at radius 1 is 1.29 bits per heavy atom. The van der Waals surface area contributed by atoms with Gasteiger partial charge in [0.25, 0.3) is 0 Å². The Kier molecular flexibility index (Phi) is 7.13. The van der Waals surface area contributed by atoms with Crippen molar-refractivity contribution < 1.29 is 13.6 Å². The van der Waals surface area contributed by atoms with Gasteiger partial charge in [-0.05, 0) is 45.9 Å². The lowest BCUT2D eigenvalue weighted by Gasteiger charge is -2.25. The SMILES string of the molecule is CCNC(=NCc1cc(F)ccc1F)N(C)CC(=O)NC(C)(C)C. The summed E-state index contributed by atoms with van der Waals surface area (Å²) in [6.45, 7) is 8.27. The number of likely N-dealkylation sites (N-methyl/N-ethyl adjacent to an activating group) is 1. The van der Waals surface area contributed by atoms with Crippen molar-refractivity contribution in [3.05, 3.63) is 35.4 Å². The number of aliphatic imine (C=N–C) groups is 1. The highest BCUT2D eigenvalue weighted by atomic mass is 19.1. The first-order chi connectivity index (χ1) is 11.1. The minimum Gasteiger partial charge on any atom is -0.357 e. The summed E-state index contributed by atoms with van der Waals surface area (Å²) in [5.41, 5.74) is -0.157. The van der Waals surface area contributed by atoms with Crippen LogP contribution in [0, 0.1) is 11.6 Å². The van der Waals surface area contributed by atoms with E-state index in [1.807, 2.05) is 27.7 Å². The number of guanidine groups is 1. The zero-order chi connectivity index (χ0) is 18.3. The number of halogens is 2. The Hall–Kier alpha value is -2.18. The lowest BCUT2D eigenvalue weighted by molar-refractivity contribution is -0.122. The number of hydrogen-bond donors (Lipinski definition) is 2. The Morgan fingerprint density at radius 2 is 1.96 bits per heavy atom. The summed E-state index contributed by atoms with van der Waals surface area (Å²) in [7, 11) is 1.71. The summed E-state index contributed by atoms with van der Waals surface area (Å²) in [4.78, 5) is 17.9. The van der Waals surface area contributed by atoms with Crippen molar-refractivity contribution >= 4 is 11.9 Å². The molecule has 1 aromatic rings. The minimum atomic E-state index is -0.510. The molecule has 1 rings (SSSR count). The summed E-state index contributed by atoms with van der Waals surface area (Å²) in [5.74, 6) is -0.716. The van der Waals surface area contributed by atoms with Crippen LogP contribution in [0.2, 0.25) is 0 Å². The number of nitrogens with zero attached hydrogens (tertiary/aromatic N) is 2. The molecule has 0 fully saturated rings. The molecule has 0 radical (unpaired) electrons. The van der Waals surface area contributed by atoms with Gasteiger partial charge in [-0.3, -0.25) is 4.79 Å². The van der Waals surface area contributed by atoms with Gasteiger partial charge in [0.15, 0.2) is 5.96 Å². The van der Waals surface area contributed by atoms with Crippen molar-refractivity contribution in [3.8, 4) is 0 Å². The third-order valence-electron chi connectivity index (χ3n) is 3.00. The Morgan fingerprint density at radius 3 is 2.54 bits per heavy atom. The van der Waals surface area contributed by atoms with Crippen molar-refractivity contribution in [2.75, 3.05) is 20.1 Å². The molecule has 0 aliphatic carbocycles. The first-order valence-electron chi connectivity index (χ1n) is 7.86. The molecule has 0 unspecified atom stereocenters. The molecule has 0 saturated carbocycles. The summed E-state index contributed by atoms with van der Waals surface area (Å²) in [6.07, 6.45) is 0. The fraction of sp³-hybridized carbons (Fsp3) is 0.529. The summed E-state index contributed by atoms with van der Waals surface area (Å²) >= 11 is 0. The number of carbonyl (C=O) groups is 1. The van der Waals surface area contributed by atoms with E-state index in [1.165, 1.54) is 0 Å². The molecule has 24 heavy (non-hydrogen) atoms. The average Bonchev–Trinajstić information content (AvgIpc) is 2.44. The fourth-order valence-corrected chi connectivity index (χ4v) is 2.04. The van der Waals surface area contributed by atoms with Gasteiger partial charge in [-0.15, -0.1) is 0 Å². The topological polar surface area (TPSA) is 56.7 Å². The molecule has 134 valence electrons. The Balaban J connectivity index is 2.81. The molecule has 7 heteroatoms. The first-order valence-corrected chi connectivity index (χ1v) is 7.86. The van der Waals surface area contributed by atoms with Crippen LogP contribution in [-0.4, -0.2) is 42.4 Å². The van der Waals surface area contributed by atoms with Crippen LogP contribution in [0.1, 0.15) is 33.3 Å². The van der Waals surface area contributed by atoms with Gasteiger partial charge >= 0.3 is 0 Å². The van der Waals surface area contributed by atoms with Gasteiger partial charge in [-0.2, -0.15) is 0 Å². The van der Waals surface area contributed by atoms with E-state index in [4.69, 9.17) is 0 Å². The lowest BCUT2D eigenvalue weighted by Crippen LogP contribution is -2.48. The van der Waals surface area contributed by atoms with Crippen LogP contribution in [-0.2, 0) is 11.3 Å². The molecule has 0 aromatic heterocycles. The molecule has 0 bridgehead atoms. The molecular formula is C17H26F2N4O. The van der Waals surface area contributed by atoms with Crippen LogP contribution in [0.25, 0.3) is 0 Å². The van der Waals surface area contributed by atoms with E-state index in [9.17, 15) is 13.6 Å². The van der Waals surface area contributed by atoms with Crippen LogP contribution in [0.15, 0.2) is 23.2 Å². The van der Waals surface area contributed by atoms with Crippen LogP contribution >= 0.6 is 0 Å². The van der Waals surface area contributed by atoms with Gasteiger partial charge in [-0.25, -0.2) is 13.8 Å². The van der Waals surface area contributed by atoms with Crippen LogP contribution in [0.5, 0.6) is 0 Å². The molecule has 1 aromatic carbocycles. The standard InChI is InChI=1S/C17H26F2N4O/c1-6-20-16(23(5)11-15(24)22-17(2,3)4)21-10-12-9-13(18)7-8-14(12)19/h7-9H,6,10-11H2,1-5H3,(H,20,21)(H,22,24). The second-order valence-electron chi connectivity index (χ2n) is 6.56. The number of carbonyl (C=O) groups excluding carboxylic acids is 1. The predicted molar refractivity (Wildman–Crippen MR) is 91.7 cm³/mol. The zero-order valence-corrected chi connectivity index (χ0v) is 14.9. The van der Waals surface area contributed by atoms with E-state index in [0.29, 0.717) is 12.5 Å². The molecule has 0 saturated heterocycles. The number of benzene rings is 1. The van der Waals surface area contributed by atoms with Gasteiger partial charge < -0.3 is 15.5 Å². The second kappa shape index (κ2) is 8.61. The summed E-state index contributed by atoms with van der Waals surface area (Å²) in [5, 5.41) is 5.90. The normalized spacial score (nSPS) is 12.0. The lowest BCUT2D eigenvalue weighted by atomic mass is 10.1. The van der Waals surface area contributed by atoms with E-state index >= 15 is 0 Å². The molecule has 0 aliphatic rings. The van der Waals surface area contributed by atoms with E-state index in [0.717, 1.165) is 18.2 Å². The third-order valence-corrected chi connectivity index (χ3v) is 3.00. The third kappa shape index (κ3) is 6.93. The van der Waals surface area contributed by atoms with Crippen molar-refractivity contribution in [2.45, 2.75) is 39.8 Å². The second-order valence-corrected chi connectivity index (χ2v) is 6.56. The maximum Gasteiger partial charge on any atom is 0.240 e. The molecule has 0 spiro atoms. The summed E-state index contributed by atoms with van der Waals surface area (Å²) in [6, 6.07) is 3.26. The van der Waals surface area contributed by atoms with Gasteiger partial charge in [-0.1, -0.05) is 0 Å². The van der Waals surface area contributed by atoms with Crippen molar-refractivity contribution in [1.29, 1.82) is 0 Å². The molecule has 0 aliphatic heterocycles. The predicted octanol–water partition coefficient (Wildman–Crippen LogP) is 2.28. The summed E-state index contributed by atoms with van der Waals surface area (Å²) < 4.78 is 26.9. The van der Waals surface area contributed by atoms with E-state index < -0.39 is 11.6 Å². The highest BCUT2D eigenvalue weighted by Crippen LogP contribution is 2.11. The maximum absolute atomic E-state index is 13.7. The zero-order valence-electron chi connectivity index (χ0n) is 14.9. The first kappa shape index (κ1) is 19.9. The molecule has 5 nitrogen and oxygen atoms in total. The van der Waals surface area contributed by atoms with E-state index in [2.05, 4.69) is 15.6 Å². The van der Waals surface area contributed by atoms with Crippen LogP contribution < -0.4 is 10.6 Å². The van der Waals surface area contributed by atoms with E-state index in [1.54, 1.807) is 11.9 Å². The smallest absolute Gasteiger partial charge is 0.240 e. The maximum atomic E-state index is 13.7. The van der Waals surface area contributed by atoms with E-state index in [-0.39, 0.29) is 30.1 Å². The number of hydrogen-bond acceptors (Lipinski definition) is 2. The fourth-order valence-electron chi connectivity index (χ4n) is 2.04. The molecule has 0 heterocycles.